The second-order valence-corrected chi connectivity index (χ2v) is 5.06. The quantitative estimate of drug-likeness (QED) is 0.654. The third kappa shape index (κ3) is 2.18. The number of imidazole rings is 1. The summed E-state index contributed by atoms with van der Waals surface area (Å²) in [5, 5.41) is 1.15. The third-order valence-corrected chi connectivity index (χ3v) is 3.51. The summed E-state index contributed by atoms with van der Waals surface area (Å²) in [7, 11) is 0. The molecular formula is C13H8Cl3N3. The van der Waals surface area contributed by atoms with Crippen molar-refractivity contribution >= 4 is 46.0 Å². The first-order valence-corrected chi connectivity index (χ1v) is 6.83. The van der Waals surface area contributed by atoms with E-state index < -0.39 is 0 Å². The predicted molar refractivity (Wildman–Crippen MR) is 78.4 cm³/mol. The van der Waals surface area contributed by atoms with Gasteiger partial charge in [-0.25, -0.2) is 9.97 Å². The maximum Gasteiger partial charge on any atom is 0.164 e. The number of rotatable bonds is 2. The summed E-state index contributed by atoms with van der Waals surface area (Å²) in [4.78, 5) is 8.75. The third-order valence-electron chi connectivity index (χ3n) is 2.75. The van der Waals surface area contributed by atoms with Crippen LogP contribution < -0.4 is 0 Å². The number of fused-ring (bicyclic) bond motifs is 1. The molecule has 3 nitrogen and oxygen atoms in total. The molecule has 0 saturated carbocycles. The van der Waals surface area contributed by atoms with Crippen molar-refractivity contribution in [1.29, 1.82) is 0 Å². The van der Waals surface area contributed by atoms with E-state index in [0.717, 1.165) is 5.69 Å². The molecule has 0 unspecified atom stereocenters. The topological polar surface area (TPSA) is 30.7 Å². The molecule has 3 aromatic rings. The maximum atomic E-state index is 6.23. The van der Waals surface area contributed by atoms with Gasteiger partial charge in [-0.2, -0.15) is 0 Å². The van der Waals surface area contributed by atoms with Crippen molar-refractivity contribution < 1.29 is 0 Å². The van der Waals surface area contributed by atoms with Crippen LogP contribution >= 0.6 is 34.8 Å². The minimum atomic E-state index is 0.263. The van der Waals surface area contributed by atoms with Gasteiger partial charge in [-0.1, -0.05) is 35.3 Å². The summed E-state index contributed by atoms with van der Waals surface area (Å²) in [5.74, 6) is 0.943. The lowest BCUT2D eigenvalue weighted by Gasteiger charge is -2.08. The van der Waals surface area contributed by atoms with E-state index in [9.17, 15) is 0 Å². The second-order valence-electron chi connectivity index (χ2n) is 3.94. The van der Waals surface area contributed by atoms with Crippen LogP contribution in [-0.4, -0.2) is 14.5 Å². The van der Waals surface area contributed by atoms with E-state index in [0.29, 0.717) is 27.0 Å². The van der Waals surface area contributed by atoms with Crippen molar-refractivity contribution in [2.75, 3.05) is 0 Å². The minimum Gasteiger partial charge on any atom is -0.278 e. The Kier molecular flexibility index (Phi) is 3.35. The van der Waals surface area contributed by atoms with Crippen LogP contribution in [0.2, 0.25) is 10.0 Å². The van der Waals surface area contributed by atoms with Crippen molar-refractivity contribution in [3.63, 3.8) is 0 Å². The summed E-state index contributed by atoms with van der Waals surface area (Å²) in [6, 6.07) is 9.25. The Morgan fingerprint density at radius 3 is 2.68 bits per heavy atom. The van der Waals surface area contributed by atoms with Gasteiger partial charge in [0.1, 0.15) is 11.3 Å². The van der Waals surface area contributed by atoms with E-state index in [1.807, 2.05) is 28.8 Å². The fourth-order valence-corrected chi connectivity index (χ4v) is 2.51. The minimum absolute atomic E-state index is 0.263. The second kappa shape index (κ2) is 5.00. The molecular weight excluding hydrogens is 305 g/mol. The lowest BCUT2D eigenvalue weighted by molar-refractivity contribution is 0.970. The van der Waals surface area contributed by atoms with Crippen LogP contribution in [0.25, 0.3) is 16.9 Å². The van der Waals surface area contributed by atoms with Crippen LogP contribution in [0.15, 0.2) is 36.5 Å². The molecule has 0 fully saturated rings. The van der Waals surface area contributed by atoms with Crippen molar-refractivity contribution in [3.05, 3.63) is 52.4 Å². The number of halogens is 3. The van der Waals surface area contributed by atoms with Crippen LogP contribution in [0.5, 0.6) is 0 Å². The normalized spacial score (nSPS) is 11.1. The van der Waals surface area contributed by atoms with Gasteiger partial charge in [-0.05, 0) is 18.2 Å². The van der Waals surface area contributed by atoms with Crippen LogP contribution in [-0.2, 0) is 5.88 Å². The summed E-state index contributed by atoms with van der Waals surface area (Å²) in [6.45, 7) is 0. The molecule has 0 aliphatic carbocycles. The molecule has 0 spiro atoms. The van der Waals surface area contributed by atoms with Gasteiger partial charge in [0.25, 0.3) is 0 Å². The molecule has 0 N–H and O–H groups in total. The molecule has 2 heterocycles. The number of hydrogen-bond donors (Lipinski definition) is 0. The van der Waals surface area contributed by atoms with Crippen molar-refractivity contribution in [1.82, 2.24) is 14.5 Å². The number of hydrogen-bond acceptors (Lipinski definition) is 2. The fraction of sp³-hybridized carbons (Fsp3) is 0.0769. The van der Waals surface area contributed by atoms with Crippen LogP contribution in [0, 0.1) is 0 Å². The molecule has 0 amide bonds. The molecule has 0 saturated heterocycles. The van der Waals surface area contributed by atoms with Gasteiger partial charge in [0.15, 0.2) is 5.65 Å². The first kappa shape index (κ1) is 12.7. The number of para-hydroxylation sites is 1. The van der Waals surface area contributed by atoms with Gasteiger partial charge in [-0.15, -0.1) is 11.6 Å². The number of aromatic nitrogens is 3. The zero-order valence-electron chi connectivity index (χ0n) is 9.65. The molecule has 96 valence electrons. The summed E-state index contributed by atoms with van der Waals surface area (Å²) in [6.07, 6.45) is 1.58. The Balaban J connectivity index is 2.36. The number of alkyl halides is 1. The summed E-state index contributed by atoms with van der Waals surface area (Å²) in [5.41, 5.74) is 2.19. The molecule has 3 rings (SSSR count). The van der Waals surface area contributed by atoms with Crippen molar-refractivity contribution in [2.24, 2.45) is 0 Å². The standard InChI is InChI=1S/C13H8Cl3N3/c14-6-12-18-10-5-8(15)7-17-13(10)19(12)11-4-2-1-3-9(11)16/h1-5,7H,6H2. The Bertz CT molecular complexity index is 752. The number of benzene rings is 1. The number of pyridine rings is 1. The highest BCUT2D eigenvalue weighted by Crippen LogP contribution is 2.27. The molecule has 0 aliphatic heterocycles. The van der Waals surface area contributed by atoms with Crippen LogP contribution in [0.1, 0.15) is 5.82 Å². The first-order chi connectivity index (χ1) is 9.20. The molecule has 19 heavy (non-hydrogen) atoms. The molecule has 0 aliphatic rings. The van der Waals surface area contributed by atoms with Gasteiger partial charge in [0.05, 0.1) is 21.6 Å². The average molecular weight is 313 g/mol. The maximum absolute atomic E-state index is 6.23. The van der Waals surface area contributed by atoms with Crippen LogP contribution in [0.3, 0.4) is 0 Å². The van der Waals surface area contributed by atoms with E-state index >= 15 is 0 Å². The highest BCUT2D eigenvalue weighted by Gasteiger charge is 2.15. The Morgan fingerprint density at radius 1 is 1.16 bits per heavy atom. The Hall–Kier alpha value is -1.29. The first-order valence-electron chi connectivity index (χ1n) is 5.54. The molecule has 1 aromatic carbocycles. The molecule has 0 radical (unpaired) electrons. The Morgan fingerprint density at radius 2 is 1.95 bits per heavy atom. The van der Waals surface area contributed by atoms with Crippen molar-refractivity contribution in [2.45, 2.75) is 5.88 Å². The highest BCUT2D eigenvalue weighted by molar-refractivity contribution is 6.32. The lowest BCUT2D eigenvalue weighted by atomic mass is 10.3. The number of nitrogens with zero attached hydrogens (tertiary/aromatic N) is 3. The smallest absolute Gasteiger partial charge is 0.164 e. The zero-order chi connectivity index (χ0) is 13.4. The summed E-state index contributed by atoms with van der Waals surface area (Å²) < 4.78 is 1.85. The summed E-state index contributed by atoms with van der Waals surface area (Å²) >= 11 is 18.1. The molecule has 0 atom stereocenters. The highest BCUT2D eigenvalue weighted by atomic mass is 35.5. The zero-order valence-corrected chi connectivity index (χ0v) is 11.9. The average Bonchev–Trinajstić information content (AvgIpc) is 2.76. The van der Waals surface area contributed by atoms with Crippen LogP contribution in [0.4, 0.5) is 0 Å². The van der Waals surface area contributed by atoms with Gasteiger partial charge >= 0.3 is 0 Å². The van der Waals surface area contributed by atoms with Crippen molar-refractivity contribution in [3.8, 4) is 5.69 Å². The van der Waals surface area contributed by atoms with Gasteiger partial charge in [-0.3, -0.25) is 4.57 Å². The SMILES string of the molecule is ClCc1nc2cc(Cl)cnc2n1-c1ccccc1Cl. The largest absolute Gasteiger partial charge is 0.278 e. The molecule has 2 aromatic heterocycles. The fourth-order valence-electron chi connectivity index (χ4n) is 1.96. The lowest BCUT2D eigenvalue weighted by Crippen LogP contribution is -2.00. The van der Waals surface area contributed by atoms with Gasteiger partial charge in [0, 0.05) is 6.20 Å². The van der Waals surface area contributed by atoms with E-state index in [1.54, 1.807) is 12.3 Å². The predicted octanol–water partition coefficient (Wildman–Crippen LogP) is 4.47. The monoisotopic (exact) mass is 311 g/mol. The van der Waals surface area contributed by atoms with Gasteiger partial charge in [0.2, 0.25) is 0 Å². The Labute approximate surface area is 124 Å². The van der Waals surface area contributed by atoms with Gasteiger partial charge < -0.3 is 0 Å². The van der Waals surface area contributed by atoms with E-state index in [2.05, 4.69) is 9.97 Å². The van der Waals surface area contributed by atoms with E-state index in [-0.39, 0.29) is 5.88 Å². The van der Waals surface area contributed by atoms with E-state index in [1.165, 1.54) is 0 Å². The molecule has 0 bridgehead atoms. The van der Waals surface area contributed by atoms with E-state index in [4.69, 9.17) is 34.8 Å². The molecule has 6 heteroatoms.